The van der Waals surface area contributed by atoms with Crippen molar-refractivity contribution >= 4 is 22.3 Å². The second-order valence-electron chi connectivity index (χ2n) is 7.95. The van der Waals surface area contributed by atoms with Crippen LogP contribution in [0.2, 0.25) is 0 Å². The van der Waals surface area contributed by atoms with E-state index in [1.165, 1.54) is 7.11 Å². The number of anilines is 2. The average molecular weight is 426 g/mol. The number of hydrogen-bond donors (Lipinski definition) is 0. The molecule has 6 nitrogen and oxygen atoms in total. The molecule has 2 aromatic carbocycles. The quantitative estimate of drug-likeness (QED) is 0.570. The minimum absolute atomic E-state index is 0.0718. The summed E-state index contributed by atoms with van der Waals surface area (Å²) in [4.78, 5) is 19.7. The smallest absolute Gasteiger partial charge is 0.261 e. The van der Waals surface area contributed by atoms with Crippen molar-refractivity contribution in [1.82, 2.24) is 9.55 Å². The number of fused-ring (bicyclic) bond motifs is 1. The number of ether oxygens (including phenoxy) is 2. The van der Waals surface area contributed by atoms with Crippen LogP contribution in [0.1, 0.15) is 37.8 Å². The minimum Gasteiger partial charge on any atom is -0.494 e. The highest BCUT2D eigenvalue weighted by atomic mass is 19.1. The molecule has 164 valence electrons. The van der Waals surface area contributed by atoms with Crippen LogP contribution in [0.4, 0.5) is 15.8 Å². The minimum atomic E-state index is -0.410. The Bertz CT molecular complexity index is 1140. The summed E-state index contributed by atoms with van der Waals surface area (Å²) in [6.07, 6.45) is 4.04. The molecule has 1 aliphatic heterocycles. The number of methoxy groups -OCH3 is 1. The molecule has 0 radical (unpaired) electrons. The van der Waals surface area contributed by atoms with Crippen molar-refractivity contribution in [2.75, 3.05) is 31.8 Å². The van der Waals surface area contributed by atoms with Gasteiger partial charge in [0.2, 0.25) is 0 Å². The lowest BCUT2D eigenvalue weighted by Gasteiger charge is -2.27. The van der Waals surface area contributed by atoms with Crippen LogP contribution in [-0.2, 0) is 4.74 Å². The van der Waals surface area contributed by atoms with E-state index in [0.29, 0.717) is 36.3 Å². The topological polar surface area (TPSA) is 56.6 Å². The summed E-state index contributed by atoms with van der Waals surface area (Å²) in [6.45, 7) is 5.84. The predicted octanol–water partition coefficient (Wildman–Crippen LogP) is 4.75. The highest BCUT2D eigenvalue weighted by molar-refractivity contribution is 5.83. The highest BCUT2D eigenvalue weighted by Gasteiger charge is 2.21. The Morgan fingerprint density at radius 1 is 1.26 bits per heavy atom. The molecule has 0 atom stereocenters. The third-order valence-electron chi connectivity index (χ3n) is 5.78. The molecule has 0 amide bonds. The van der Waals surface area contributed by atoms with Gasteiger partial charge < -0.3 is 14.4 Å². The number of hydrogen-bond acceptors (Lipinski definition) is 5. The first kappa shape index (κ1) is 21.3. The summed E-state index contributed by atoms with van der Waals surface area (Å²) < 4.78 is 27.5. The van der Waals surface area contributed by atoms with Gasteiger partial charge in [0.05, 0.1) is 30.0 Å². The second-order valence-corrected chi connectivity index (χ2v) is 7.95. The fourth-order valence-electron chi connectivity index (χ4n) is 4.19. The van der Waals surface area contributed by atoms with Gasteiger partial charge in [-0.3, -0.25) is 9.36 Å². The van der Waals surface area contributed by atoms with Crippen molar-refractivity contribution in [3.8, 4) is 5.75 Å². The van der Waals surface area contributed by atoms with Crippen molar-refractivity contribution in [3.05, 3.63) is 58.4 Å². The monoisotopic (exact) mass is 425 g/mol. The van der Waals surface area contributed by atoms with Crippen LogP contribution >= 0.6 is 0 Å². The first-order valence-electron chi connectivity index (χ1n) is 10.7. The Labute approximate surface area is 181 Å². The third-order valence-corrected chi connectivity index (χ3v) is 5.78. The molecule has 7 heteroatoms. The van der Waals surface area contributed by atoms with Gasteiger partial charge in [-0.25, -0.2) is 9.37 Å². The second kappa shape index (κ2) is 9.06. The number of benzene rings is 2. The fourth-order valence-corrected chi connectivity index (χ4v) is 4.19. The van der Waals surface area contributed by atoms with E-state index >= 15 is 4.39 Å². The van der Waals surface area contributed by atoms with E-state index < -0.39 is 5.82 Å². The molecule has 0 N–H and O–H groups in total. The van der Waals surface area contributed by atoms with Crippen LogP contribution in [0.3, 0.4) is 0 Å². The Balaban J connectivity index is 1.82. The van der Waals surface area contributed by atoms with Crippen molar-refractivity contribution in [2.24, 2.45) is 0 Å². The van der Waals surface area contributed by atoms with E-state index in [9.17, 15) is 4.79 Å². The molecule has 0 bridgehead atoms. The van der Waals surface area contributed by atoms with Gasteiger partial charge in [-0.1, -0.05) is 6.92 Å². The van der Waals surface area contributed by atoms with Gasteiger partial charge in [-0.05, 0) is 62.1 Å². The van der Waals surface area contributed by atoms with Crippen LogP contribution in [-0.4, -0.2) is 36.4 Å². The van der Waals surface area contributed by atoms with E-state index in [-0.39, 0.29) is 17.4 Å². The molecule has 0 spiro atoms. The number of nitrogens with zero attached hydrogens (tertiary/aromatic N) is 3. The normalized spacial score (nSPS) is 14.7. The Hall–Kier alpha value is -2.93. The van der Waals surface area contributed by atoms with Gasteiger partial charge in [0.25, 0.3) is 5.56 Å². The van der Waals surface area contributed by atoms with Crippen LogP contribution < -0.4 is 15.2 Å². The Morgan fingerprint density at radius 3 is 2.74 bits per heavy atom. The molecule has 1 aromatic heterocycles. The summed E-state index contributed by atoms with van der Waals surface area (Å²) >= 11 is 0. The van der Waals surface area contributed by atoms with Crippen LogP contribution in [0, 0.1) is 12.7 Å². The summed E-state index contributed by atoms with van der Waals surface area (Å²) in [5, 5.41) is 0.535. The highest BCUT2D eigenvalue weighted by Crippen LogP contribution is 2.35. The van der Waals surface area contributed by atoms with Gasteiger partial charge in [0.15, 0.2) is 11.6 Å². The molecule has 0 aliphatic carbocycles. The van der Waals surface area contributed by atoms with Crippen LogP contribution in [0.15, 0.2) is 41.5 Å². The summed E-state index contributed by atoms with van der Waals surface area (Å²) in [5.74, 6) is -0.201. The summed E-state index contributed by atoms with van der Waals surface area (Å²) in [7, 11) is 1.46. The zero-order valence-corrected chi connectivity index (χ0v) is 18.2. The van der Waals surface area contributed by atoms with Crippen molar-refractivity contribution < 1.29 is 13.9 Å². The SMILES string of the molecule is CCCN(c1ccc2ncn(C3CCOCC3)c(=O)c2c1)c1cc(C)cc(OC)c1F. The lowest BCUT2D eigenvalue weighted by atomic mass is 10.1. The van der Waals surface area contributed by atoms with E-state index in [1.54, 1.807) is 23.0 Å². The number of aromatic nitrogens is 2. The van der Waals surface area contributed by atoms with Gasteiger partial charge in [-0.2, -0.15) is 0 Å². The van der Waals surface area contributed by atoms with Crippen molar-refractivity contribution in [1.29, 1.82) is 0 Å². The lowest BCUT2D eigenvalue weighted by molar-refractivity contribution is 0.0685. The maximum absolute atomic E-state index is 15.2. The maximum Gasteiger partial charge on any atom is 0.261 e. The number of halogens is 1. The molecule has 1 aliphatic rings. The van der Waals surface area contributed by atoms with E-state index in [4.69, 9.17) is 9.47 Å². The molecule has 2 heterocycles. The van der Waals surface area contributed by atoms with E-state index in [1.807, 2.05) is 36.9 Å². The van der Waals surface area contributed by atoms with E-state index in [0.717, 1.165) is 30.5 Å². The fraction of sp³-hybridized carbons (Fsp3) is 0.417. The third kappa shape index (κ3) is 4.14. The van der Waals surface area contributed by atoms with Gasteiger partial charge >= 0.3 is 0 Å². The largest absolute Gasteiger partial charge is 0.494 e. The zero-order valence-electron chi connectivity index (χ0n) is 18.2. The van der Waals surface area contributed by atoms with Gasteiger partial charge in [-0.15, -0.1) is 0 Å². The predicted molar refractivity (Wildman–Crippen MR) is 120 cm³/mol. The average Bonchev–Trinajstić information content (AvgIpc) is 2.79. The zero-order chi connectivity index (χ0) is 22.0. The molecule has 3 aromatic rings. The molecular weight excluding hydrogens is 397 g/mol. The Kier molecular flexibility index (Phi) is 6.23. The first-order chi connectivity index (χ1) is 15.0. The molecule has 1 saturated heterocycles. The van der Waals surface area contributed by atoms with Crippen LogP contribution in [0.5, 0.6) is 5.75 Å². The van der Waals surface area contributed by atoms with Gasteiger partial charge in [0, 0.05) is 31.5 Å². The lowest BCUT2D eigenvalue weighted by Crippen LogP contribution is -2.29. The summed E-state index contributed by atoms with van der Waals surface area (Å²) in [5.41, 5.74) is 2.66. The maximum atomic E-state index is 15.2. The number of rotatable bonds is 6. The Morgan fingerprint density at radius 2 is 2.03 bits per heavy atom. The van der Waals surface area contributed by atoms with Crippen molar-refractivity contribution in [2.45, 2.75) is 39.2 Å². The number of aryl methyl sites for hydroxylation is 1. The van der Waals surface area contributed by atoms with Gasteiger partial charge in [0.1, 0.15) is 0 Å². The molecular formula is C24H28FN3O3. The molecule has 31 heavy (non-hydrogen) atoms. The van der Waals surface area contributed by atoms with Crippen LogP contribution in [0.25, 0.3) is 10.9 Å². The van der Waals surface area contributed by atoms with Crippen molar-refractivity contribution in [3.63, 3.8) is 0 Å². The molecule has 1 fully saturated rings. The summed E-state index contributed by atoms with van der Waals surface area (Å²) in [6, 6.07) is 9.11. The standard InChI is InChI=1S/C24H28FN3O3/c1-4-9-27(21-12-16(2)13-22(30-3)23(21)25)18-5-6-20-19(14-18)24(29)28(15-26-20)17-7-10-31-11-8-17/h5-6,12-15,17H,4,7-11H2,1-3H3. The molecule has 0 saturated carbocycles. The van der Waals surface area contributed by atoms with E-state index in [2.05, 4.69) is 4.98 Å². The molecule has 4 rings (SSSR count). The first-order valence-corrected chi connectivity index (χ1v) is 10.7. The molecule has 0 unspecified atom stereocenters.